The van der Waals surface area contributed by atoms with E-state index in [-0.39, 0.29) is 11.3 Å². The zero-order valence-corrected chi connectivity index (χ0v) is 17.4. The molecule has 0 amide bonds. The maximum absolute atomic E-state index is 13.7. The van der Waals surface area contributed by atoms with Crippen molar-refractivity contribution < 1.29 is 28.2 Å². The number of nitrogens with zero attached hydrogens (tertiary/aromatic N) is 1. The zero-order chi connectivity index (χ0) is 22.4. The zero-order valence-electron chi connectivity index (χ0n) is 17.4. The van der Waals surface area contributed by atoms with Crippen LogP contribution in [-0.2, 0) is 9.53 Å². The molecule has 5 nitrogen and oxygen atoms in total. The summed E-state index contributed by atoms with van der Waals surface area (Å²) in [4.78, 5) is 25.9. The molecule has 0 aliphatic heterocycles. The number of fused-ring (bicyclic) bond motifs is 1. The van der Waals surface area contributed by atoms with Crippen molar-refractivity contribution in [3.63, 3.8) is 0 Å². The van der Waals surface area contributed by atoms with Gasteiger partial charge in [-0.05, 0) is 76.6 Å². The Morgan fingerprint density at radius 1 is 1.07 bits per heavy atom. The van der Waals surface area contributed by atoms with Crippen molar-refractivity contribution in [1.29, 1.82) is 0 Å². The summed E-state index contributed by atoms with van der Waals surface area (Å²) in [5.41, 5.74) is 0.667. The first-order chi connectivity index (χ1) is 13.9. The highest BCUT2D eigenvalue weighted by atomic mass is 19.2. The predicted octanol–water partition coefficient (Wildman–Crippen LogP) is 5.07. The monoisotopic (exact) mass is 415 g/mol. The summed E-state index contributed by atoms with van der Waals surface area (Å²) in [5, 5.41) is 10.5. The van der Waals surface area contributed by atoms with E-state index in [0.29, 0.717) is 22.2 Å². The van der Waals surface area contributed by atoms with Gasteiger partial charge in [0.25, 0.3) is 5.91 Å². The fraction of sp³-hybridized carbons (Fsp3) is 0.304. The van der Waals surface area contributed by atoms with Crippen LogP contribution in [0.3, 0.4) is 0 Å². The normalized spacial score (nSPS) is 12.8. The number of halogens is 2. The van der Waals surface area contributed by atoms with Gasteiger partial charge < -0.3 is 9.84 Å². The quantitative estimate of drug-likeness (QED) is 0.607. The molecule has 0 aliphatic carbocycles. The number of hydrogen-bond donors (Lipinski definition) is 1. The van der Waals surface area contributed by atoms with Crippen LogP contribution in [0.1, 0.15) is 55.2 Å². The van der Waals surface area contributed by atoms with Crippen molar-refractivity contribution in [2.75, 3.05) is 0 Å². The van der Waals surface area contributed by atoms with E-state index in [1.807, 2.05) is 0 Å². The third kappa shape index (κ3) is 3.92. The van der Waals surface area contributed by atoms with E-state index >= 15 is 0 Å². The van der Waals surface area contributed by atoms with Crippen molar-refractivity contribution >= 4 is 22.8 Å². The third-order valence-corrected chi connectivity index (χ3v) is 4.80. The summed E-state index contributed by atoms with van der Waals surface area (Å²) in [6, 6.07) is 7.34. The van der Waals surface area contributed by atoms with Gasteiger partial charge in [0.05, 0.1) is 11.4 Å². The second kappa shape index (κ2) is 7.55. The number of rotatable bonds is 3. The summed E-state index contributed by atoms with van der Waals surface area (Å²) in [6.07, 6.45) is 0. The lowest BCUT2D eigenvalue weighted by Crippen LogP contribution is -2.27. The molecule has 0 saturated carbocycles. The molecule has 1 heterocycles. The maximum Gasteiger partial charge on any atom is 0.313 e. The lowest BCUT2D eigenvalue weighted by atomic mass is 9.97. The Morgan fingerprint density at radius 2 is 1.73 bits per heavy atom. The highest BCUT2D eigenvalue weighted by Crippen LogP contribution is 2.35. The number of aromatic hydroxyl groups is 1. The Morgan fingerprint density at radius 3 is 2.33 bits per heavy atom. The number of carbonyl (C=O) groups is 2. The number of phenolic OH excluding ortho intramolecular Hbond substituents is 1. The Bertz CT molecular complexity index is 1160. The van der Waals surface area contributed by atoms with Gasteiger partial charge in [-0.3, -0.25) is 14.2 Å². The highest BCUT2D eigenvalue weighted by molar-refractivity contribution is 6.05. The van der Waals surface area contributed by atoms with Crippen LogP contribution < -0.4 is 0 Å². The van der Waals surface area contributed by atoms with Gasteiger partial charge >= 0.3 is 5.97 Å². The van der Waals surface area contributed by atoms with Crippen LogP contribution in [0.15, 0.2) is 36.4 Å². The summed E-state index contributed by atoms with van der Waals surface area (Å²) in [7, 11) is 0. The van der Waals surface area contributed by atoms with E-state index in [4.69, 9.17) is 4.74 Å². The van der Waals surface area contributed by atoms with E-state index in [0.717, 1.165) is 12.1 Å². The highest BCUT2D eigenvalue weighted by Gasteiger charge is 2.30. The maximum atomic E-state index is 13.7. The largest absolute Gasteiger partial charge is 0.508 e. The lowest BCUT2D eigenvalue weighted by molar-refractivity contribution is -0.156. The molecule has 0 bridgehead atoms. The molecule has 0 aliphatic rings. The molecular weight excluding hydrogens is 392 g/mol. The van der Waals surface area contributed by atoms with E-state index in [1.165, 1.54) is 22.8 Å². The number of carbonyl (C=O) groups excluding carboxylic acids is 2. The first kappa shape index (κ1) is 21.5. The smallest absolute Gasteiger partial charge is 0.313 e. The second-order valence-electron chi connectivity index (χ2n) is 8.23. The van der Waals surface area contributed by atoms with Gasteiger partial charge in [-0.2, -0.15) is 0 Å². The number of aromatic nitrogens is 1. The molecular formula is C23H23F2NO4. The van der Waals surface area contributed by atoms with Crippen molar-refractivity contribution in [3.05, 3.63) is 64.9 Å². The van der Waals surface area contributed by atoms with E-state index in [9.17, 15) is 23.5 Å². The van der Waals surface area contributed by atoms with Crippen LogP contribution >= 0.6 is 0 Å². The van der Waals surface area contributed by atoms with Gasteiger partial charge in [0.2, 0.25) is 0 Å². The standard InChI is InChI=1S/C23H23F2NO4/c1-12(22(29)30-23(3,4)5)20-13(2)26(19-9-7-15(27)11-16(19)20)21(28)14-6-8-17(24)18(25)10-14/h6-12,27H,1-5H3. The molecule has 3 rings (SSSR count). The SMILES string of the molecule is Cc1c(C(C)C(=O)OC(C)(C)C)c2cc(O)ccc2n1C(=O)c1ccc(F)c(F)c1. The molecule has 30 heavy (non-hydrogen) atoms. The van der Waals surface area contributed by atoms with Crippen molar-refractivity contribution in [2.24, 2.45) is 0 Å². The van der Waals surface area contributed by atoms with Gasteiger partial charge in [0.15, 0.2) is 11.6 Å². The minimum atomic E-state index is -1.13. The van der Waals surface area contributed by atoms with Gasteiger partial charge in [-0.15, -0.1) is 0 Å². The van der Waals surface area contributed by atoms with E-state index in [1.54, 1.807) is 40.7 Å². The molecule has 1 aromatic heterocycles. The van der Waals surface area contributed by atoms with Crippen LogP contribution in [0.2, 0.25) is 0 Å². The molecule has 1 atom stereocenters. The molecule has 2 aromatic carbocycles. The Labute approximate surface area is 172 Å². The van der Waals surface area contributed by atoms with Crippen LogP contribution in [0, 0.1) is 18.6 Å². The molecule has 1 N–H and O–H groups in total. The van der Waals surface area contributed by atoms with Crippen molar-refractivity contribution in [1.82, 2.24) is 4.57 Å². The summed E-state index contributed by atoms with van der Waals surface area (Å²) < 4.78 is 33.8. The first-order valence-electron chi connectivity index (χ1n) is 9.47. The molecule has 158 valence electrons. The fourth-order valence-electron chi connectivity index (χ4n) is 3.51. The van der Waals surface area contributed by atoms with E-state index < -0.39 is 35.0 Å². The molecule has 0 radical (unpaired) electrons. The summed E-state index contributed by atoms with van der Waals surface area (Å²) >= 11 is 0. The van der Waals surface area contributed by atoms with Gasteiger partial charge in [0.1, 0.15) is 11.4 Å². The fourth-order valence-corrected chi connectivity index (χ4v) is 3.51. The Balaban J connectivity index is 2.19. The Kier molecular flexibility index (Phi) is 5.41. The average Bonchev–Trinajstić information content (AvgIpc) is 2.92. The Hall–Kier alpha value is -3.22. The van der Waals surface area contributed by atoms with Gasteiger partial charge in [-0.1, -0.05) is 0 Å². The molecule has 7 heteroatoms. The molecule has 0 fully saturated rings. The van der Waals surface area contributed by atoms with Crippen LogP contribution in [0.25, 0.3) is 10.9 Å². The van der Waals surface area contributed by atoms with E-state index in [2.05, 4.69) is 0 Å². The topological polar surface area (TPSA) is 68.5 Å². The van der Waals surface area contributed by atoms with Crippen LogP contribution in [-0.4, -0.2) is 27.2 Å². The minimum Gasteiger partial charge on any atom is -0.508 e. The van der Waals surface area contributed by atoms with Crippen molar-refractivity contribution in [3.8, 4) is 5.75 Å². The van der Waals surface area contributed by atoms with Crippen LogP contribution in [0.5, 0.6) is 5.75 Å². The van der Waals surface area contributed by atoms with Gasteiger partial charge in [0, 0.05) is 16.6 Å². The lowest BCUT2D eigenvalue weighted by Gasteiger charge is -2.22. The number of benzene rings is 2. The summed E-state index contributed by atoms with van der Waals surface area (Å²) in [5.74, 6) is -4.00. The first-order valence-corrected chi connectivity index (χ1v) is 9.47. The molecule has 3 aromatic rings. The number of esters is 1. The summed E-state index contributed by atoms with van der Waals surface area (Å²) in [6.45, 7) is 8.59. The molecule has 1 unspecified atom stereocenters. The predicted molar refractivity (Wildman–Crippen MR) is 109 cm³/mol. The number of ether oxygens (including phenoxy) is 1. The average molecular weight is 415 g/mol. The number of phenols is 1. The van der Waals surface area contributed by atoms with Gasteiger partial charge in [-0.25, -0.2) is 8.78 Å². The van der Waals surface area contributed by atoms with Crippen LogP contribution in [0.4, 0.5) is 8.78 Å². The van der Waals surface area contributed by atoms with Crippen molar-refractivity contribution in [2.45, 2.75) is 46.1 Å². The second-order valence-corrected chi connectivity index (χ2v) is 8.23. The molecule has 0 spiro atoms. The number of hydrogen-bond acceptors (Lipinski definition) is 4. The minimum absolute atomic E-state index is 0.0300. The molecule has 0 saturated heterocycles. The third-order valence-electron chi connectivity index (χ3n) is 4.80.